The third-order valence-electron chi connectivity index (χ3n) is 5.37. The van der Waals surface area contributed by atoms with E-state index < -0.39 is 0 Å². The Morgan fingerprint density at radius 2 is 1.85 bits per heavy atom. The van der Waals surface area contributed by atoms with Gasteiger partial charge in [0.25, 0.3) is 0 Å². The van der Waals surface area contributed by atoms with Crippen molar-refractivity contribution in [2.24, 2.45) is 29.6 Å². The van der Waals surface area contributed by atoms with Crippen LogP contribution in [0.25, 0.3) is 6.08 Å². The minimum Gasteiger partial charge on any atom is -0.294 e. The summed E-state index contributed by atoms with van der Waals surface area (Å²) in [6, 6.07) is 6.37. The lowest BCUT2D eigenvalue weighted by atomic mass is 9.81. The fourth-order valence-corrected chi connectivity index (χ4v) is 4.48. The van der Waals surface area contributed by atoms with Crippen molar-refractivity contribution in [1.29, 1.82) is 0 Å². The van der Waals surface area contributed by atoms with Gasteiger partial charge in [0.05, 0.1) is 0 Å². The molecule has 2 heteroatoms. The van der Waals surface area contributed by atoms with Gasteiger partial charge >= 0.3 is 0 Å². The molecular formula is C18H17FO. The van der Waals surface area contributed by atoms with E-state index in [1.165, 1.54) is 12.1 Å². The number of hydrogen-bond acceptors (Lipinski definition) is 1. The lowest BCUT2D eigenvalue weighted by molar-refractivity contribution is -0.118. The Morgan fingerprint density at radius 1 is 1.15 bits per heavy atom. The van der Waals surface area contributed by atoms with Gasteiger partial charge in [0.2, 0.25) is 0 Å². The molecule has 1 aromatic rings. The molecular weight excluding hydrogens is 251 g/mol. The van der Waals surface area contributed by atoms with Crippen molar-refractivity contribution < 1.29 is 9.18 Å². The van der Waals surface area contributed by atoms with Crippen molar-refractivity contribution in [2.75, 3.05) is 0 Å². The number of carbonyl (C=O) groups excluding carboxylic acids is 1. The van der Waals surface area contributed by atoms with Gasteiger partial charge in [-0.05, 0) is 59.4 Å². The molecule has 0 N–H and O–H groups in total. The normalized spacial score (nSPS) is 39.8. The van der Waals surface area contributed by atoms with Gasteiger partial charge in [0.1, 0.15) is 5.82 Å². The highest BCUT2D eigenvalue weighted by molar-refractivity contribution is 6.04. The summed E-state index contributed by atoms with van der Waals surface area (Å²) < 4.78 is 13.0. The zero-order valence-corrected chi connectivity index (χ0v) is 11.4. The second-order valence-electron chi connectivity index (χ2n) is 6.36. The Morgan fingerprint density at radius 3 is 2.55 bits per heavy atom. The molecule has 0 spiro atoms. The molecule has 0 aliphatic heterocycles. The molecule has 0 aromatic heterocycles. The van der Waals surface area contributed by atoms with E-state index in [9.17, 15) is 9.18 Å². The van der Waals surface area contributed by atoms with Gasteiger partial charge in [0.15, 0.2) is 5.78 Å². The third-order valence-corrected chi connectivity index (χ3v) is 5.37. The molecule has 0 radical (unpaired) electrons. The molecule has 2 saturated carbocycles. The van der Waals surface area contributed by atoms with Crippen molar-refractivity contribution in [1.82, 2.24) is 0 Å². The number of ketones is 1. The predicted octanol–water partition coefficient (Wildman–Crippen LogP) is 3.87. The molecule has 3 aliphatic rings. The summed E-state index contributed by atoms with van der Waals surface area (Å²) in [6.45, 7) is 2.17. The second-order valence-corrected chi connectivity index (χ2v) is 6.36. The van der Waals surface area contributed by atoms with Gasteiger partial charge in [0, 0.05) is 5.92 Å². The first-order chi connectivity index (χ1) is 9.65. The van der Waals surface area contributed by atoms with Gasteiger partial charge in [-0.2, -0.15) is 0 Å². The fraction of sp³-hybridized carbons (Fsp3) is 0.389. The van der Waals surface area contributed by atoms with Crippen LogP contribution in [0.3, 0.4) is 0 Å². The summed E-state index contributed by atoms with van der Waals surface area (Å²) in [5, 5.41) is 0. The minimum atomic E-state index is -0.239. The van der Waals surface area contributed by atoms with Gasteiger partial charge < -0.3 is 0 Å². The van der Waals surface area contributed by atoms with E-state index >= 15 is 0 Å². The first-order valence-electron chi connectivity index (χ1n) is 7.35. The van der Waals surface area contributed by atoms with Crippen LogP contribution in [0, 0.1) is 35.4 Å². The number of carbonyl (C=O) groups is 1. The van der Waals surface area contributed by atoms with Gasteiger partial charge in [-0.25, -0.2) is 4.39 Å². The van der Waals surface area contributed by atoms with Crippen LogP contribution in [-0.2, 0) is 4.79 Å². The third kappa shape index (κ3) is 1.57. The Hall–Kier alpha value is -1.70. The summed E-state index contributed by atoms with van der Waals surface area (Å²) >= 11 is 0. The summed E-state index contributed by atoms with van der Waals surface area (Å²) in [5.74, 6) is 2.14. The Balaban J connectivity index is 1.70. The van der Waals surface area contributed by atoms with E-state index in [-0.39, 0.29) is 11.7 Å². The topological polar surface area (TPSA) is 17.1 Å². The predicted molar refractivity (Wildman–Crippen MR) is 76.3 cm³/mol. The molecule has 0 heterocycles. The Kier molecular flexibility index (Phi) is 2.50. The molecule has 1 nitrogen and oxygen atoms in total. The van der Waals surface area contributed by atoms with Crippen molar-refractivity contribution in [3.05, 3.63) is 53.4 Å². The van der Waals surface area contributed by atoms with Gasteiger partial charge in [-0.3, -0.25) is 4.79 Å². The average molecular weight is 268 g/mol. The number of fused-ring (bicyclic) bond motifs is 5. The lowest BCUT2D eigenvalue weighted by Gasteiger charge is -2.21. The van der Waals surface area contributed by atoms with Gasteiger partial charge in [-0.15, -0.1) is 0 Å². The molecule has 2 fully saturated rings. The van der Waals surface area contributed by atoms with E-state index in [0.717, 1.165) is 17.6 Å². The molecule has 5 atom stereocenters. The van der Waals surface area contributed by atoms with Crippen LogP contribution in [0.4, 0.5) is 4.39 Å². The Labute approximate surface area is 118 Å². The zero-order valence-electron chi connectivity index (χ0n) is 11.4. The molecule has 20 heavy (non-hydrogen) atoms. The number of hydrogen-bond donors (Lipinski definition) is 0. The Bertz CT molecular complexity index is 625. The largest absolute Gasteiger partial charge is 0.294 e. The van der Waals surface area contributed by atoms with Crippen LogP contribution in [0.1, 0.15) is 18.9 Å². The van der Waals surface area contributed by atoms with Crippen LogP contribution in [0.5, 0.6) is 0 Å². The van der Waals surface area contributed by atoms with Crippen molar-refractivity contribution in [3.63, 3.8) is 0 Å². The quantitative estimate of drug-likeness (QED) is 0.558. The van der Waals surface area contributed by atoms with E-state index in [2.05, 4.69) is 19.1 Å². The molecule has 4 rings (SSSR count). The summed E-state index contributed by atoms with van der Waals surface area (Å²) in [6.07, 6.45) is 7.66. The molecule has 0 unspecified atom stereocenters. The molecule has 0 amide bonds. The summed E-state index contributed by atoms with van der Waals surface area (Å²) in [4.78, 5) is 12.7. The van der Waals surface area contributed by atoms with Crippen LogP contribution in [-0.4, -0.2) is 5.78 Å². The van der Waals surface area contributed by atoms with Crippen molar-refractivity contribution >= 4 is 11.9 Å². The molecule has 2 bridgehead atoms. The molecule has 0 saturated heterocycles. The highest BCUT2D eigenvalue weighted by atomic mass is 19.1. The monoisotopic (exact) mass is 268 g/mol. The summed E-state index contributed by atoms with van der Waals surface area (Å²) in [5.41, 5.74) is 1.85. The lowest BCUT2D eigenvalue weighted by Crippen LogP contribution is -2.20. The van der Waals surface area contributed by atoms with E-state index in [4.69, 9.17) is 0 Å². The van der Waals surface area contributed by atoms with Crippen molar-refractivity contribution in [2.45, 2.75) is 13.3 Å². The zero-order chi connectivity index (χ0) is 13.9. The molecule has 3 aliphatic carbocycles. The first-order valence-corrected chi connectivity index (χ1v) is 7.35. The smallest absolute Gasteiger partial charge is 0.163 e. The van der Waals surface area contributed by atoms with Crippen LogP contribution in [0.15, 0.2) is 42.0 Å². The van der Waals surface area contributed by atoms with E-state index in [1.54, 1.807) is 12.1 Å². The number of halogens is 1. The number of benzene rings is 1. The second kappa shape index (κ2) is 4.15. The highest BCUT2D eigenvalue weighted by Crippen LogP contribution is 2.57. The molecule has 1 aromatic carbocycles. The fourth-order valence-electron chi connectivity index (χ4n) is 4.48. The highest BCUT2D eigenvalue weighted by Gasteiger charge is 2.56. The maximum Gasteiger partial charge on any atom is 0.163 e. The van der Waals surface area contributed by atoms with E-state index in [1.807, 2.05) is 6.08 Å². The van der Waals surface area contributed by atoms with Crippen LogP contribution < -0.4 is 0 Å². The van der Waals surface area contributed by atoms with Crippen LogP contribution in [0.2, 0.25) is 0 Å². The van der Waals surface area contributed by atoms with Crippen molar-refractivity contribution in [3.8, 4) is 0 Å². The van der Waals surface area contributed by atoms with E-state index in [0.29, 0.717) is 29.5 Å². The number of rotatable bonds is 1. The SMILES string of the molecule is C[C@H]1/C(=C/c2ccc(F)cc2)C(=O)[C@H]2[C@@H]1[C@H]1C=C[C@@H]2C1. The van der Waals surface area contributed by atoms with Crippen LogP contribution >= 0.6 is 0 Å². The number of allylic oxidation sites excluding steroid dienone is 3. The average Bonchev–Trinajstić information content (AvgIpc) is 3.11. The molecule has 102 valence electrons. The minimum absolute atomic E-state index is 0.201. The number of Topliss-reactive ketones (excluding diaryl/α,β-unsaturated/α-hetero) is 1. The standard InChI is InChI=1S/C18H17FO/c1-10-15(8-11-2-6-14(19)7-3-11)18(20)17-13-5-4-12(9-13)16(10)17/h2-8,10,12-13,16-17H,9H2,1H3/b15-8-/t10-,12-,13+,16-,17+/m0/s1. The maximum atomic E-state index is 13.0. The summed E-state index contributed by atoms with van der Waals surface area (Å²) in [7, 11) is 0. The van der Waals surface area contributed by atoms with Gasteiger partial charge in [-0.1, -0.05) is 31.2 Å². The first kappa shape index (κ1) is 12.1. The maximum absolute atomic E-state index is 13.0.